The Morgan fingerprint density at radius 1 is 0.462 bits per heavy atom. The maximum atomic E-state index is 4.46. The minimum absolute atomic E-state index is 0.421. The molecule has 0 aromatic carbocycles. The van der Waals surface area contributed by atoms with Crippen LogP contribution in [0.15, 0.2) is 0 Å². The average Bonchev–Trinajstić information content (AvgIpc) is 2.34. The lowest BCUT2D eigenvalue weighted by Gasteiger charge is -2.58. The first-order chi connectivity index (χ1) is 11.3. The first kappa shape index (κ1) is 30.6. The second-order valence-corrected chi connectivity index (χ2v) is 99.9. The Balaban J connectivity index is 6.97. The fourth-order valence-corrected chi connectivity index (χ4v) is 187. The summed E-state index contributed by atoms with van der Waals surface area (Å²) in [7, 11) is 0. The topological polar surface area (TPSA) is 6.48 Å². The van der Waals surface area contributed by atoms with Crippen LogP contribution in [0.2, 0.25) is 0 Å². The van der Waals surface area contributed by atoms with Gasteiger partial charge in [0.15, 0.2) is 0 Å². The van der Waals surface area contributed by atoms with Crippen molar-refractivity contribution in [3.63, 3.8) is 0 Å². The minimum atomic E-state index is -2.37. The summed E-state index contributed by atoms with van der Waals surface area (Å²) in [4.78, 5) is 0. The predicted molar refractivity (Wildman–Crippen MR) is 159 cm³/mol. The zero-order valence-corrected chi connectivity index (χ0v) is 32.9. The monoisotopic (exact) mass is 943 g/mol. The SMILES string of the molecule is CC(C)N(C(C)C)[Si](Br)(N(C(C)C)C(C)C)[Si](Br)(Br)[Si](Br)(Br)[Si](Br)(Br)Br. The van der Waals surface area contributed by atoms with Crippen LogP contribution in [0.3, 0.4) is 0 Å². The maximum Gasteiger partial charge on any atom is 0.289 e. The number of rotatable bonds is 9. The molecular formula is C12H28Br8N2Si4. The molecule has 26 heavy (non-hydrogen) atoms. The molecule has 2 nitrogen and oxygen atoms in total. The van der Waals surface area contributed by atoms with Crippen LogP contribution < -0.4 is 0 Å². The molecule has 14 heteroatoms. The summed E-state index contributed by atoms with van der Waals surface area (Å²) in [5, 5.41) is 0. The van der Waals surface area contributed by atoms with E-state index in [0.717, 1.165) is 0 Å². The Morgan fingerprint density at radius 2 is 0.692 bits per heavy atom. The van der Waals surface area contributed by atoms with E-state index < -0.39 is 18.7 Å². The van der Waals surface area contributed by atoms with Crippen LogP contribution in [0.25, 0.3) is 0 Å². The molecule has 0 fully saturated rings. The van der Waals surface area contributed by atoms with Crippen molar-refractivity contribution >= 4 is 141 Å². The van der Waals surface area contributed by atoms with E-state index in [9.17, 15) is 0 Å². The summed E-state index contributed by atoms with van der Waals surface area (Å²) in [5.74, 6) is 0. The number of nitrogens with zero attached hydrogens (tertiary/aromatic N) is 2. The molecule has 0 bridgehead atoms. The highest BCUT2D eigenvalue weighted by molar-refractivity contribution is 9.85. The number of hydrogen-bond acceptors (Lipinski definition) is 2. The Bertz CT molecular complexity index is 435. The van der Waals surface area contributed by atoms with Crippen molar-refractivity contribution in [1.82, 2.24) is 9.13 Å². The van der Waals surface area contributed by atoms with E-state index in [2.05, 4.69) is 187 Å². The van der Waals surface area contributed by atoms with Gasteiger partial charge in [0.2, 0.25) is 4.35 Å². The highest BCUT2D eigenvalue weighted by atomic mass is 80.0. The van der Waals surface area contributed by atoms with Crippen molar-refractivity contribution in [3.8, 4) is 0 Å². The number of halogens is 8. The zero-order chi connectivity index (χ0) is 21.5. The van der Waals surface area contributed by atoms with Gasteiger partial charge in [0.25, 0.3) is 14.3 Å². The van der Waals surface area contributed by atoms with E-state index in [0.29, 0.717) is 24.2 Å². The van der Waals surface area contributed by atoms with E-state index in [1.54, 1.807) is 0 Å². The summed E-state index contributed by atoms with van der Waals surface area (Å²) in [5.41, 5.74) is 0. The summed E-state index contributed by atoms with van der Waals surface area (Å²) in [6.45, 7) is 16.1. The van der Waals surface area contributed by atoms with Gasteiger partial charge in [-0.3, -0.25) is 9.13 Å². The van der Waals surface area contributed by atoms with Crippen molar-refractivity contribution in [1.29, 1.82) is 0 Å². The summed E-state index contributed by atoms with van der Waals surface area (Å²) < 4.78 is -1.02. The molecule has 0 unspecified atom stereocenters. The normalized spacial score (nSPS) is 15.5. The lowest BCUT2D eigenvalue weighted by Crippen LogP contribution is -2.84. The largest absolute Gasteiger partial charge is 0.300 e. The first-order valence-electron chi connectivity index (χ1n) is 8.36. The van der Waals surface area contributed by atoms with Gasteiger partial charge >= 0.3 is 0 Å². The van der Waals surface area contributed by atoms with Crippen LogP contribution in [-0.2, 0) is 0 Å². The van der Waals surface area contributed by atoms with Crippen LogP contribution in [0.1, 0.15) is 55.4 Å². The molecule has 0 atom stereocenters. The lowest BCUT2D eigenvalue weighted by molar-refractivity contribution is 0.228. The molecule has 0 aromatic rings. The minimum Gasteiger partial charge on any atom is -0.300 e. The van der Waals surface area contributed by atoms with Crippen molar-refractivity contribution in [2.24, 2.45) is 0 Å². The van der Waals surface area contributed by atoms with Crippen LogP contribution >= 0.6 is 122 Å². The molecule has 0 saturated heterocycles. The van der Waals surface area contributed by atoms with Gasteiger partial charge in [0.1, 0.15) is 0 Å². The number of hydrogen-bond donors (Lipinski definition) is 0. The van der Waals surface area contributed by atoms with Gasteiger partial charge in [-0.1, -0.05) is 117 Å². The van der Waals surface area contributed by atoms with Crippen LogP contribution in [0.5, 0.6) is 0 Å². The quantitative estimate of drug-likeness (QED) is 0.170. The van der Waals surface area contributed by atoms with Crippen LogP contribution in [0, 0.1) is 0 Å². The molecule has 0 saturated carbocycles. The molecule has 158 valence electrons. The molecule has 0 radical (unpaired) electrons. The zero-order valence-electron chi connectivity index (χ0n) is 16.2. The molecule has 0 amide bonds. The van der Waals surface area contributed by atoms with Crippen molar-refractivity contribution in [3.05, 3.63) is 0 Å². The fraction of sp³-hybridized carbons (Fsp3) is 1.00. The van der Waals surface area contributed by atoms with Crippen molar-refractivity contribution in [2.45, 2.75) is 79.6 Å². The highest BCUT2D eigenvalue weighted by Crippen LogP contribution is 2.59. The molecule has 0 aliphatic rings. The Morgan fingerprint density at radius 3 is 0.846 bits per heavy atom. The van der Waals surface area contributed by atoms with Crippen LogP contribution in [0.4, 0.5) is 0 Å². The van der Waals surface area contributed by atoms with E-state index in [4.69, 9.17) is 0 Å². The fourth-order valence-electron chi connectivity index (χ4n) is 3.40. The van der Waals surface area contributed by atoms with Gasteiger partial charge in [-0.2, -0.15) is 0 Å². The molecule has 0 spiro atoms. The third-order valence-electron chi connectivity index (χ3n) is 4.06. The second kappa shape index (κ2) is 11.2. The highest BCUT2D eigenvalue weighted by Gasteiger charge is 2.76. The molecule has 0 heterocycles. The predicted octanol–water partition coefficient (Wildman–Crippen LogP) is 8.38. The van der Waals surface area contributed by atoms with Crippen LogP contribution in [-0.4, -0.2) is 52.0 Å². The van der Waals surface area contributed by atoms with Crippen molar-refractivity contribution < 1.29 is 0 Å². The van der Waals surface area contributed by atoms with Gasteiger partial charge < -0.3 is 0 Å². The molecule has 0 aromatic heterocycles. The van der Waals surface area contributed by atoms with E-state index in [-0.39, 0.29) is 0 Å². The maximum absolute atomic E-state index is 4.46. The van der Waals surface area contributed by atoms with E-state index in [1.807, 2.05) is 0 Å². The Labute approximate surface area is 226 Å². The third kappa shape index (κ3) is 6.15. The molecule has 0 aliphatic carbocycles. The van der Waals surface area contributed by atoms with E-state index in [1.165, 1.54) is 0 Å². The third-order valence-corrected chi connectivity index (χ3v) is 184. The van der Waals surface area contributed by atoms with Gasteiger partial charge in [-0.05, 0) is 24.2 Å². The van der Waals surface area contributed by atoms with Crippen molar-refractivity contribution in [2.75, 3.05) is 0 Å². The molecular weight excluding hydrogens is 924 g/mol. The Kier molecular flexibility index (Phi) is 13.2. The van der Waals surface area contributed by atoms with Gasteiger partial charge in [-0.15, -0.1) is 61.2 Å². The Hall–Kier alpha value is 4.63. The molecule has 0 N–H and O–H groups in total. The second-order valence-electron chi connectivity index (χ2n) is 7.42. The molecule has 0 aliphatic heterocycles. The van der Waals surface area contributed by atoms with Gasteiger partial charge in [0.05, 0.1) is 0 Å². The average molecular weight is 952 g/mol. The summed E-state index contributed by atoms with van der Waals surface area (Å²) >= 11 is 33.4. The van der Waals surface area contributed by atoms with Gasteiger partial charge in [-0.25, -0.2) is 0 Å². The lowest BCUT2D eigenvalue weighted by atomic mass is 10.3. The smallest absolute Gasteiger partial charge is 0.289 e. The molecule has 0 rings (SSSR count). The summed E-state index contributed by atoms with van der Waals surface area (Å²) in [6, 6.07) is 1.68. The summed E-state index contributed by atoms with van der Waals surface area (Å²) in [6.07, 6.45) is 0. The standard InChI is InChI=1S/C12H28Br8N2Si4/c1-9(2)21(10(3)4)26(20,22(11(5)6)12(7)8)25(18,19)24(16,17)23(13,14)15/h9-12H,1-8H3. The van der Waals surface area contributed by atoms with E-state index >= 15 is 0 Å². The first-order valence-corrected chi connectivity index (χ1v) is 37.3. The van der Waals surface area contributed by atoms with Gasteiger partial charge in [0, 0.05) is 0 Å².